The van der Waals surface area contributed by atoms with Gasteiger partial charge in [0.2, 0.25) is 0 Å². The van der Waals surface area contributed by atoms with Crippen molar-refractivity contribution in [3.63, 3.8) is 0 Å². The van der Waals surface area contributed by atoms with Crippen molar-refractivity contribution in [3.05, 3.63) is 59.8 Å². The van der Waals surface area contributed by atoms with Gasteiger partial charge in [0, 0.05) is 17.1 Å². The maximum atomic E-state index is 11.8. The molecule has 122 valence electrons. The summed E-state index contributed by atoms with van der Waals surface area (Å²) in [5.41, 5.74) is 3.74. The van der Waals surface area contributed by atoms with E-state index in [4.69, 9.17) is 4.74 Å². The molecule has 0 bridgehead atoms. The number of carbonyl (C=O) groups is 1. The molecule has 0 amide bonds. The van der Waals surface area contributed by atoms with Crippen LogP contribution in [0.25, 0.3) is 22.0 Å². The van der Waals surface area contributed by atoms with Gasteiger partial charge >= 0.3 is 5.97 Å². The van der Waals surface area contributed by atoms with Crippen LogP contribution in [-0.2, 0) is 6.42 Å². The van der Waals surface area contributed by atoms with Crippen LogP contribution in [0.5, 0.6) is 5.75 Å². The smallest absolute Gasteiger partial charge is 0.337 e. The van der Waals surface area contributed by atoms with Gasteiger partial charge in [-0.15, -0.1) is 0 Å². The average molecular weight is 321 g/mol. The lowest BCUT2D eigenvalue weighted by molar-refractivity contribution is 0.0697. The minimum atomic E-state index is -0.978. The van der Waals surface area contributed by atoms with Crippen LogP contribution in [0.2, 0.25) is 0 Å². The second-order valence-electron chi connectivity index (χ2n) is 5.64. The molecule has 0 saturated carbocycles. The molecule has 2 aromatic carbocycles. The van der Waals surface area contributed by atoms with Gasteiger partial charge in [0.25, 0.3) is 0 Å². The third-order valence-corrected chi connectivity index (χ3v) is 4.11. The molecule has 0 aliphatic carbocycles. The number of carboxylic acid groups (broad SMARTS) is 1. The van der Waals surface area contributed by atoms with Gasteiger partial charge in [-0.25, -0.2) is 4.79 Å². The molecular formula is C20H19NO3. The van der Waals surface area contributed by atoms with Crippen molar-refractivity contribution in [3.8, 4) is 16.9 Å². The predicted octanol–water partition coefficient (Wildman–Crippen LogP) is 4.56. The number of aromatic carboxylic acids is 1. The molecule has 0 saturated heterocycles. The van der Waals surface area contributed by atoms with E-state index in [-0.39, 0.29) is 5.56 Å². The van der Waals surface area contributed by atoms with E-state index in [2.05, 4.69) is 18.0 Å². The zero-order chi connectivity index (χ0) is 17.1. The summed E-state index contributed by atoms with van der Waals surface area (Å²) < 4.78 is 5.32. The molecule has 1 aromatic heterocycles. The van der Waals surface area contributed by atoms with E-state index < -0.39 is 5.97 Å². The summed E-state index contributed by atoms with van der Waals surface area (Å²) in [6.45, 7) is 2.11. The number of rotatable bonds is 5. The lowest BCUT2D eigenvalue weighted by Gasteiger charge is -2.15. The van der Waals surface area contributed by atoms with Crippen molar-refractivity contribution in [2.45, 2.75) is 19.8 Å². The summed E-state index contributed by atoms with van der Waals surface area (Å²) in [7, 11) is 1.60. The van der Waals surface area contributed by atoms with Crippen molar-refractivity contribution >= 4 is 16.9 Å². The number of nitrogens with zero attached hydrogens (tertiary/aromatic N) is 1. The molecule has 4 nitrogen and oxygen atoms in total. The highest BCUT2D eigenvalue weighted by Crippen LogP contribution is 2.35. The predicted molar refractivity (Wildman–Crippen MR) is 94.7 cm³/mol. The lowest BCUT2D eigenvalue weighted by atomic mass is 9.91. The first-order chi connectivity index (χ1) is 11.7. The highest BCUT2D eigenvalue weighted by Gasteiger charge is 2.18. The number of hydrogen-bond acceptors (Lipinski definition) is 3. The van der Waals surface area contributed by atoms with Crippen LogP contribution in [-0.4, -0.2) is 23.2 Å². The van der Waals surface area contributed by atoms with Crippen LogP contribution in [0.3, 0.4) is 0 Å². The zero-order valence-corrected chi connectivity index (χ0v) is 13.7. The first kappa shape index (κ1) is 16.0. The first-order valence-electron chi connectivity index (χ1n) is 7.94. The molecule has 0 unspecified atom stereocenters. The van der Waals surface area contributed by atoms with Crippen LogP contribution in [0.4, 0.5) is 0 Å². The maximum absolute atomic E-state index is 11.8. The summed E-state index contributed by atoms with van der Waals surface area (Å²) in [6, 6.07) is 13.5. The summed E-state index contributed by atoms with van der Waals surface area (Å²) >= 11 is 0. The van der Waals surface area contributed by atoms with Gasteiger partial charge in [-0.3, -0.25) is 4.98 Å². The fourth-order valence-corrected chi connectivity index (χ4v) is 3.00. The van der Waals surface area contributed by atoms with Crippen molar-refractivity contribution in [2.75, 3.05) is 7.11 Å². The van der Waals surface area contributed by atoms with E-state index in [0.717, 1.165) is 34.9 Å². The molecule has 0 fully saturated rings. The molecule has 24 heavy (non-hydrogen) atoms. The molecule has 3 aromatic rings. The standard InChI is InChI=1S/C20H19NO3/c1-3-6-13-7-4-5-8-15(13)19-16-11-14(24-2)9-10-18(16)21-12-17(19)20(22)23/h4-5,7-12H,3,6H2,1-2H3,(H,22,23). The van der Waals surface area contributed by atoms with E-state index in [1.54, 1.807) is 7.11 Å². The minimum absolute atomic E-state index is 0.208. The van der Waals surface area contributed by atoms with Crippen LogP contribution < -0.4 is 4.74 Å². The topological polar surface area (TPSA) is 59.4 Å². The Labute approximate surface area is 140 Å². The highest BCUT2D eigenvalue weighted by molar-refractivity contribution is 6.07. The SMILES string of the molecule is CCCc1ccccc1-c1c(C(=O)O)cnc2ccc(OC)cc12. The Bertz CT molecular complexity index is 903. The van der Waals surface area contributed by atoms with Gasteiger partial charge in [0.15, 0.2) is 0 Å². The zero-order valence-electron chi connectivity index (χ0n) is 13.7. The number of aromatic nitrogens is 1. The Balaban J connectivity index is 2.39. The average Bonchev–Trinajstić information content (AvgIpc) is 2.61. The fraction of sp³-hybridized carbons (Fsp3) is 0.200. The van der Waals surface area contributed by atoms with E-state index in [0.29, 0.717) is 11.3 Å². The van der Waals surface area contributed by atoms with Gasteiger partial charge in [-0.05, 0) is 35.7 Å². The third-order valence-electron chi connectivity index (χ3n) is 4.11. The normalized spacial score (nSPS) is 10.8. The molecular weight excluding hydrogens is 302 g/mol. The summed E-state index contributed by atoms with van der Waals surface area (Å²) in [5, 5.41) is 10.5. The summed E-state index contributed by atoms with van der Waals surface area (Å²) in [5.74, 6) is -0.297. The van der Waals surface area contributed by atoms with Crippen LogP contribution in [0, 0.1) is 0 Å². The number of hydrogen-bond donors (Lipinski definition) is 1. The van der Waals surface area contributed by atoms with Gasteiger partial charge in [0.1, 0.15) is 5.75 Å². The third kappa shape index (κ3) is 2.83. The molecule has 0 spiro atoms. The molecule has 1 heterocycles. The van der Waals surface area contributed by atoms with E-state index in [1.165, 1.54) is 6.20 Å². The molecule has 0 radical (unpaired) electrons. The Morgan fingerprint density at radius 3 is 2.71 bits per heavy atom. The molecule has 0 aliphatic heterocycles. The largest absolute Gasteiger partial charge is 0.497 e. The maximum Gasteiger partial charge on any atom is 0.337 e. The number of fused-ring (bicyclic) bond motifs is 1. The van der Waals surface area contributed by atoms with E-state index in [9.17, 15) is 9.90 Å². The van der Waals surface area contributed by atoms with Gasteiger partial charge in [-0.2, -0.15) is 0 Å². The molecule has 0 aliphatic rings. The number of pyridine rings is 1. The lowest BCUT2D eigenvalue weighted by Crippen LogP contribution is -2.03. The van der Waals surface area contributed by atoms with Crippen molar-refractivity contribution in [1.82, 2.24) is 4.98 Å². The second-order valence-corrected chi connectivity index (χ2v) is 5.64. The summed E-state index contributed by atoms with van der Waals surface area (Å²) in [6.07, 6.45) is 3.32. The van der Waals surface area contributed by atoms with Crippen LogP contribution in [0.1, 0.15) is 29.3 Å². The number of aryl methyl sites for hydroxylation is 1. The van der Waals surface area contributed by atoms with Gasteiger partial charge < -0.3 is 9.84 Å². The van der Waals surface area contributed by atoms with Crippen LogP contribution >= 0.6 is 0 Å². The molecule has 0 atom stereocenters. The van der Waals surface area contributed by atoms with Crippen molar-refractivity contribution < 1.29 is 14.6 Å². The number of methoxy groups -OCH3 is 1. The number of benzene rings is 2. The van der Waals surface area contributed by atoms with Gasteiger partial charge in [-0.1, -0.05) is 37.6 Å². The monoisotopic (exact) mass is 321 g/mol. The van der Waals surface area contributed by atoms with Crippen molar-refractivity contribution in [1.29, 1.82) is 0 Å². The van der Waals surface area contributed by atoms with Crippen LogP contribution in [0.15, 0.2) is 48.7 Å². The minimum Gasteiger partial charge on any atom is -0.497 e. The summed E-state index contributed by atoms with van der Waals surface area (Å²) in [4.78, 5) is 16.1. The van der Waals surface area contributed by atoms with Crippen molar-refractivity contribution in [2.24, 2.45) is 0 Å². The number of carboxylic acids is 1. The molecule has 4 heteroatoms. The fourth-order valence-electron chi connectivity index (χ4n) is 3.00. The molecule has 1 N–H and O–H groups in total. The highest BCUT2D eigenvalue weighted by atomic mass is 16.5. The molecule has 3 rings (SSSR count). The number of ether oxygens (including phenoxy) is 1. The first-order valence-corrected chi connectivity index (χ1v) is 7.94. The second kappa shape index (κ2) is 6.71. The van der Waals surface area contributed by atoms with E-state index in [1.807, 2.05) is 36.4 Å². The Kier molecular flexibility index (Phi) is 4.47. The Hall–Kier alpha value is -2.88. The quantitative estimate of drug-likeness (QED) is 0.748. The Morgan fingerprint density at radius 1 is 1.21 bits per heavy atom. The Morgan fingerprint density at radius 2 is 2.00 bits per heavy atom. The van der Waals surface area contributed by atoms with Gasteiger partial charge in [0.05, 0.1) is 18.2 Å². The van der Waals surface area contributed by atoms with E-state index >= 15 is 0 Å².